The lowest BCUT2D eigenvalue weighted by atomic mass is 9.77. The van der Waals surface area contributed by atoms with Crippen molar-refractivity contribution in [3.05, 3.63) is 12.5 Å². The molecule has 2 rings (SSSR count). The van der Waals surface area contributed by atoms with Crippen LogP contribution in [0.2, 0.25) is 0 Å². The van der Waals surface area contributed by atoms with Crippen molar-refractivity contribution in [3.63, 3.8) is 0 Å². The lowest BCUT2D eigenvalue weighted by Gasteiger charge is -2.38. The third kappa shape index (κ3) is 3.18. The van der Waals surface area contributed by atoms with E-state index in [2.05, 4.69) is 21.8 Å². The molecule has 21 heavy (non-hydrogen) atoms. The second-order valence-electron chi connectivity index (χ2n) is 5.73. The maximum Gasteiger partial charge on any atom is 0.260 e. The average Bonchev–Trinajstić information content (AvgIpc) is 2.88. The number of nitrogens with one attached hydrogen (secondary N) is 1. The van der Waals surface area contributed by atoms with Crippen LogP contribution in [0.4, 0.5) is 0 Å². The minimum atomic E-state index is -3.82. The molecule has 1 saturated carbocycles. The monoisotopic (exact) mass is 315 g/mol. The number of sulfonamides is 1. The van der Waals surface area contributed by atoms with Gasteiger partial charge >= 0.3 is 0 Å². The fourth-order valence-electron chi connectivity index (χ4n) is 2.60. The van der Waals surface area contributed by atoms with Crippen LogP contribution < -0.4 is 10.5 Å². The number of oxime groups is 1. The zero-order valence-corrected chi connectivity index (χ0v) is 13.0. The summed E-state index contributed by atoms with van der Waals surface area (Å²) in [6.45, 7) is 2.10. The maximum absolute atomic E-state index is 12.4. The van der Waals surface area contributed by atoms with Crippen molar-refractivity contribution in [2.75, 3.05) is 0 Å². The number of aryl methyl sites for hydroxylation is 1. The Kier molecular flexibility index (Phi) is 4.24. The van der Waals surface area contributed by atoms with Gasteiger partial charge in [-0.1, -0.05) is 12.1 Å². The summed E-state index contributed by atoms with van der Waals surface area (Å²) in [6, 6.07) is 0. The number of hydrogen-bond donors (Lipinski definition) is 3. The molecule has 0 aliphatic heterocycles. The van der Waals surface area contributed by atoms with Crippen LogP contribution in [-0.2, 0) is 17.1 Å². The van der Waals surface area contributed by atoms with Crippen molar-refractivity contribution < 1.29 is 13.6 Å². The van der Waals surface area contributed by atoms with Crippen LogP contribution in [-0.4, -0.2) is 34.6 Å². The Morgan fingerprint density at radius 3 is 2.67 bits per heavy atom. The number of amidine groups is 1. The number of nitrogens with two attached hydrogens (primary N) is 1. The van der Waals surface area contributed by atoms with Crippen LogP contribution in [0, 0.1) is 5.92 Å². The zero-order chi connectivity index (χ0) is 15.7. The summed E-state index contributed by atoms with van der Waals surface area (Å²) in [5.41, 5.74) is 4.72. The second kappa shape index (κ2) is 5.64. The first-order valence-corrected chi connectivity index (χ1v) is 8.27. The summed E-state index contributed by atoms with van der Waals surface area (Å²) in [6.07, 6.45) is 5.43. The predicted octanol–water partition coefficient (Wildman–Crippen LogP) is 0.394. The van der Waals surface area contributed by atoms with E-state index in [9.17, 15) is 8.42 Å². The van der Waals surface area contributed by atoms with Crippen LogP contribution >= 0.6 is 0 Å². The fourth-order valence-corrected chi connectivity index (χ4v) is 4.02. The molecule has 1 aromatic rings. The molecule has 0 radical (unpaired) electrons. The highest BCUT2D eigenvalue weighted by atomic mass is 32.2. The molecular weight excluding hydrogens is 294 g/mol. The molecule has 0 atom stereocenters. The maximum atomic E-state index is 12.4. The molecule has 0 bridgehead atoms. The summed E-state index contributed by atoms with van der Waals surface area (Å²) in [4.78, 5) is 3.85. The highest BCUT2D eigenvalue weighted by Gasteiger charge is 2.42. The summed E-state index contributed by atoms with van der Waals surface area (Å²) in [5.74, 6) is 0.387. The molecule has 0 amide bonds. The molecule has 1 aromatic heterocycles. The number of hydrogen-bond acceptors (Lipinski definition) is 5. The van der Waals surface area contributed by atoms with Crippen LogP contribution in [0.15, 0.2) is 22.7 Å². The van der Waals surface area contributed by atoms with E-state index in [4.69, 9.17) is 10.9 Å². The van der Waals surface area contributed by atoms with Crippen molar-refractivity contribution in [3.8, 4) is 0 Å². The first-order chi connectivity index (χ1) is 9.79. The van der Waals surface area contributed by atoms with Gasteiger partial charge in [0.1, 0.15) is 0 Å². The van der Waals surface area contributed by atoms with Gasteiger partial charge in [-0.3, -0.25) is 0 Å². The summed E-state index contributed by atoms with van der Waals surface area (Å²) in [7, 11) is -2.14. The van der Waals surface area contributed by atoms with Gasteiger partial charge in [0.15, 0.2) is 10.9 Å². The highest BCUT2D eigenvalue weighted by Crippen LogP contribution is 2.33. The van der Waals surface area contributed by atoms with E-state index in [0.29, 0.717) is 18.8 Å². The van der Waals surface area contributed by atoms with Gasteiger partial charge < -0.3 is 15.5 Å². The largest absolute Gasteiger partial charge is 0.409 e. The summed E-state index contributed by atoms with van der Waals surface area (Å²) >= 11 is 0. The van der Waals surface area contributed by atoms with Gasteiger partial charge in [-0.2, -0.15) is 4.72 Å². The lowest BCUT2D eigenvalue weighted by molar-refractivity contribution is 0.266. The van der Waals surface area contributed by atoms with Gasteiger partial charge in [-0.05, 0) is 31.6 Å². The molecule has 0 aromatic carbocycles. The van der Waals surface area contributed by atoms with Crippen molar-refractivity contribution in [1.29, 1.82) is 0 Å². The zero-order valence-electron chi connectivity index (χ0n) is 12.2. The van der Waals surface area contributed by atoms with Gasteiger partial charge in [0, 0.05) is 13.2 Å². The Labute approximate surface area is 124 Å². The Morgan fingerprint density at radius 2 is 2.19 bits per heavy atom. The first-order valence-electron chi connectivity index (χ1n) is 6.79. The Morgan fingerprint density at radius 1 is 1.57 bits per heavy atom. The van der Waals surface area contributed by atoms with Gasteiger partial charge in [0.25, 0.3) is 10.0 Å². The molecule has 8 nitrogen and oxygen atoms in total. The van der Waals surface area contributed by atoms with Crippen LogP contribution in [0.5, 0.6) is 0 Å². The van der Waals surface area contributed by atoms with E-state index < -0.39 is 15.6 Å². The highest BCUT2D eigenvalue weighted by molar-refractivity contribution is 7.89. The summed E-state index contributed by atoms with van der Waals surface area (Å²) in [5, 5.41) is 12.0. The Hall–Kier alpha value is -1.61. The summed E-state index contributed by atoms with van der Waals surface area (Å²) < 4.78 is 29.0. The van der Waals surface area contributed by atoms with Gasteiger partial charge in [0.05, 0.1) is 11.9 Å². The molecule has 1 heterocycles. The van der Waals surface area contributed by atoms with E-state index in [-0.39, 0.29) is 10.9 Å². The van der Waals surface area contributed by atoms with Crippen molar-refractivity contribution in [1.82, 2.24) is 14.3 Å². The van der Waals surface area contributed by atoms with Crippen molar-refractivity contribution >= 4 is 15.9 Å². The number of aromatic nitrogens is 2. The van der Waals surface area contributed by atoms with E-state index in [0.717, 1.165) is 12.8 Å². The first kappa shape index (κ1) is 15.8. The topological polar surface area (TPSA) is 123 Å². The van der Waals surface area contributed by atoms with Crippen molar-refractivity contribution in [2.24, 2.45) is 23.9 Å². The number of rotatable bonds is 4. The van der Waals surface area contributed by atoms with E-state index in [1.54, 1.807) is 11.6 Å². The predicted molar refractivity (Wildman–Crippen MR) is 77.3 cm³/mol. The van der Waals surface area contributed by atoms with E-state index in [1.807, 2.05) is 0 Å². The molecule has 0 saturated heterocycles. The Bertz CT molecular complexity index is 629. The normalized spacial score (nSPS) is 27.7. The molecule has 118 valence electrons. The molecule has 0 unspecified atom stereocenters. The minimum absolute atomic E-state index is 0.0752. The lowest BCUT2D eigenvalue weighted by Crippen LogP contribution is -2.59. The van der Waals surface area contributed by atoms with Crippen LogP contribution in [0.3, 0.4) is 0 Å². The third-order valence-corrected chi connectivity index (χ3v) is 5.43. The van der Waals surface area contributed by atoms with Crippen molar-refractivity contribution in [2.45, 2.75) is 43.2 Å². The van der Waals surface area contributed by atoms with E-state index >= 15 is 0 Å². The molecule has 1 aliphatic carbocycles. The standard InChI is InChI=1S/C12H21N5O3S/c1-9-3-5-12(6-4-9,11(13)15-18)16-21(19,20)10-7-17(2)8-14-10/h7-9,16,18H,3-6H2,1-2H3,(H2,13,15). The fraction of sp³-hybridized carbons (Fsp3) is 0.667. The molecule has 1 fully saturated rings. The van der Waals surface area contributed by atoms with Gasteiger partial charge in [-0.15, -0.1) is 0 Å². The molecule has 9 heteroatoms. The van der Waals surface area contributed by atoms with Gasteiger partial charge in [0.2, 0.25) is 0 Å². The number of imidazole rings is 1. The molecule has 1 aliphatic rings. The molecule has 4 N–H and O–H groups in total. The molecular formula is C12H21N5O3S. The van der Waals surface area contributed by atoms with Gasteiger partial charge in [-0.25, -0.2) is 13.4 Å². The number of nitrogens with zero attached hydrogens (tertiary/aromatic N) is 3. The second-order valence-corrected chi connectivity index (χ2v) is 7.36. The SMILES string of the molecule is CC1CCC(NS(=O)(=O)c2cn(C)cn2)(C(N)=NO)CC1. The van der Waals surface area contributed by atoms with Crippen LogP contribution in [0.25, 0.3) is 0 Å². The Balaban J connectivity index is 2.31. The quantitative estimate of drug-likeness (QED) is 0.321. The smallest absolute Gasteiger partial charge is 0.260 e. The minimum Gasteiger partial charge on any atom is -0.409 e. The third-order valence-electron chi connectivity index (χ3n) is 4.01. The average molecular weight is 315 g/mol. The van der Waals surface area contributed by atoms with Crippen LogP contribution in [0.1, 0.15) is 32.6 Å². The van der Waals surface area contributed by atoms with E-state index in [1.165, 1.54) is 12.5 Å². The molecule has 0 spiro atoms.